The molecule has 0 atom stereocenters. The molecule has 3 N–H and O–H groups in total. The smallest absolute Gasteiger partial charge is 0.251 e. The molecule has 0 fully saturated rings. The molecule has 0 bridgehead atoms. The highest BCUT2D eigenvalue weighted by molar-refractivity contribution is 6.42. The minimum Gasteiger partial charge on any atom is -0.354 e. The summed E-state index contributed by atoms with van der Waals surface area (Å²) >= 11 is 11.6. The van der Waals surface area contributed by atoms with Crippen LogP contribution in [0.15, 0.2) is 42.5 Å². The van der Waals surface area contributed by atoms with E-state index >= 15 is 0 Å². The molecule has 6 nitrogen and oxygen atoms in total. The Morgan fingerprint density at radius 3 is 2.11 bits per heavy atom. The summed E-state index contributed by atoms with van der Waals surface area (Å²) in [5, 5.41) is 8.25. The molecule has 2 aromatic rings. The number of hydrogen-bond donors (Lipinski definition) is 3. The van der Waals surface area contributed by atoms with Crippen LogP contribution < -0.4 is 16.0 Å². The summed E-state index contributed by atoms with van der Waals surface area (Å²) < 4.78 is 12.8. The summed E-state index contributed by atoms with van der Waals surface area (Å²) in [4.78, 5) is 35.5. The van der Waals surface area contributed by atoms with E-state index in [0.29, 0.717) is 10.6 Å². The number of benzene rings is 2. The van der Waals surface area contributed by atoms with Gasteiger partial charge >= 0.3 is 0 Å². The van der Waals surface area contributed by atoms with Crippen molar-refractivity contribution < 1.29 is 18.8 Å². The summed E-state index contributed by atoms with van der Waals surface area (Å²) in [6.07, 6.45) is 0.119. The quantitative estimate of drug-likeness (QED) is 0.567. The number of carbonyl (C=O) groups is 3. The third kappa shape index (κ3) is 7.17. The first-order valence-electron chi connectivity index (χ1n) is 8.36. The molecule has 0 aliphatic carbocycles. The maximum Gasteiger partial charge on any atom is 0.251 e. The van der Waals surface area contributed by atoms with Gasteiger partial charge in [0.1, 0.15) is 5.82 Å². The number of rotatable bonds is 8. The van der Waals surface area contributed by atoms with Gasteiger partial charge in [-0.2, -0.15) is 0 Å². The number of amides is 3. The Bertz CT molecular complexity index is 860. The Morgan fingerprint density at radius 1 is 0.821 bits per heavy atom. The maximum atomic E-state index is 12.8. The lowest BCUT2D eigenvalue weighted by atomic mass is 10.1. The van der Waals surface area contributed by atoms with Gasteiger partial charge in [0.25, 0.3) is 5.91 Å². The summed E-state index contributed by atoms with van der Waals surface area (Å²) in [7, 11) is 0. The van der Waals surface area contributed by atoms with Gasteiger partial charge in [-0.25, -0.2) is 4.39 Å². The molecule has 2 aromatic carbocycles. The second-order valence-electron chi connectivity index (χ2n) is 5.81. The Morgan fingerprint density at radius 2 is 1.46 bits per heavy atom. The molecule has 0 saturated carbocycles. The summed E-state index contributed by atoms with van der Waals surface area (Å²) in [6.45, 7) is 0.214. The van der Waals surface area contributed by atoms with Crippen molar-refractivity contribution in [2.45, 2.75) is 6.42 Å². The molecule has 0 heterocycles. The fourth-order valence-electron chi connectivity index (χ4n) is 2.22. The first-order valence-corrected chi connectivity index (χ1v) is 9.12. The topological polar surface area (TPSA) is 87.3 Å². The van der Waals surface area contributed by atoms with Crippen LogP contribution in [0.5, 0.6) is 0 Å². The van der Waals surface area contributed by atoms with Crippen molar-refractivity contribution in [2.75, 3.05) is 19.6 Å². The SMILES string of the molecule is O=C(CNC(=O)c1ccc(Cl)c(Cl)c1)NCCNC(=O)Cc1ccc(F)cc1. The monoisotopic (exact) mass is 425 g/mol. The molecule has 0 saturated heterocycles. The predicted octanol–water partition coefficient (Wildman–Crippen LogP) is 2.34. The lowest BCUT2D eigenvalue weighted by molar-refractivity contribution is -0.122. The zero-order valence-corrected chi connectivity index (χ0v) is 16.2. The van der Waals surface area contributed by atoms with E-state index in [4.69, 9.17) is 23.2 Å². The summed E-state index contributed by atoms with van der Waals surface area (Å²) in [5.74, 6) is -1.46. The van der Waals surface area contributed by atoms with Crippen LogP contribution in [0.4, 0.5) is 4.39 Å². The van der Waals surface area contributed by atoms with Gasteiger partial charge in [-0.05, 0) is 35.9 Å². The highest BCUT2D eigenvalue weighted by Crippen LogP contribution is 2.22. The highest BCUT2D eigenvalue weighted by atomic mass is 35.5. The predicted molar refractivity (Wildman–Crippen MR) is 105 cm³/mol. The fourth-order valence-corrected chi connectivity index (χ4v) is 2.51. The van der Waals surface area contributed by atoms with Gasteiger partial charge in [0.05, 0.1) is 23.0 Å². The molecular formula is C19H18Cl2FN3O3. The Kier molecular flexibility index (Phi) is 8.22. The van der Waals surface area contributed by atoms with E-state index in [0.717, 1.165) is 0 Å². The molecular weight excluding hydrogens is 408 g/mol. The van der Waals surface area contributed by atoms with E-state index in [9.17, 15) is 18.8 Å². The van der Waals surface area contributed by atoms with Crippen LogP contribution in [0.25, 0.3) is 0 Å². The minimum absolute atomic E-state index is 0.119. The first kappa shape index (κ1) is 21.7. The molecule has 0 aliphatic rings. The number of hydrogen-bond acceptors (Lipinski definition) is 3. The van der Waals surface area contributed by atoms with Gasteiger partial charge in [0.15, 0.2) is 0 Å². The van der Waals surface area contributed by atoms with Crippen LogP contribution in [-0.4, -0.2) is 37.4 Å². The van der Waals surface area contributed by atoms with Crippen molar-refractivity contribution in [3.63, 3.8) is 0 Å². The summed E-state index contributed by atoms with van der Waals surface area (Å²) in [5.41, 5.74) is 0.975. The van der Waals surface area contributed by atoms with E-state index in [1.54, 1.807) is 0 Å². The third-order valence-corrected chi connectivity index (χ3v) is 4.38. The molecule has 0 aliphatic heterocycles. The van der Waals surface area contributed by atoms with Crippen LogP contribution in [0.3, 0.4) is 0 Å². The number of halogens is 3. The molecule has 2 rings (SSSR count). The van der Waals surface area contributed by atoms with Gasteiger partial charge in [-0.1, -0.05) is 35.3 Å². The lowest BCUT2D eigenvalue weighted by Gasteiger charge is -2.09. The standard InChI is InChI=1S/C19H18Cl2FN3O3/c20-15-6-3-13(10-16(15)21)19(28)25-11-18(27)24-8-7-23-17(26)9-12-1-4-14(22)5-2-12/h1-6,10H,7-9,11H2,(H,23,26)(H,24,27)(H,25,28). The largest absolute Gasteiger partial charge is 0.354 e. The van der Waals surface area contributed by atoms with E-state index in [1.165, 1.54) is 42.5 Å². The Balaban J connectivity index is 1.63. The van der Waals surface area contributed by atoms with Crippen LogP contribution in [0.1, 0.15) is 15.9 Å². The number of carbonyl (C=O) groups excluding carboxylic acids is 3. The van der Waals surface area contributed by atoms with Gasteiger partial charge < -0.3 is 16.0 Å². The molecule has 0 unspecified atom stereocenters. The van der Waals surface area contributed by atoms with Crippen LogP contribution >= 0.6 is 23.2 Å². The average molecular weight is 426 g/mol. The second kappa shape index (κ2) is 10.6. The second-order valence-corrected chi connectivity index (χ2v) is 6.63. The van der Waals surface area contributed by atoms with E-state index in [2.05, 4.69) is 16.0 Å². The molecule has 3 amide bonds. The van der Waals surface area contributed by atoms with Gasteiger partial charge in [-0.15, -0.1) is 0 Å². The molecule has 28 heavy (non-hydrogen) atoms. The van der Waals surface area contributed by atoms with Crippen molar-refractivity contribution in [3.8, 4) is 0 Å². The molecule has 9 heteroatoms. The van der Waals surface area contributed by atoms with Crippen molar-refractivity contribution in [3.05, 3.63) is 69.5 Å². The zero-order valence-electron chi connectivity index (χ0n) is 14.7. The maximum absolute atomic E-state index is 12.8. The third-order valence-electron chi connectivity index (χ3n) is 3.64. The lowest BCUT2D eigenvalue weighted by Crippen LogP contribution is -2.40. The Labute approximate surface area is 171 Å². The van der Waals surface area contributed by atoms with Crippen molar-refractivity contribution in [1.82, 2.24) is 16.0 Å². The van der Waals surface area contributed by atoms with Crippen LogP contribution in [0.2, 0.25) is 10.0 Å². The normalized spacial score (nSPS) is 10.2. The van der Waals surface area contributed by atoms with E-state index in [1.807, 2.05) is 0 Å². The van der Waals surface area contributed by atoms with Crippen LogP contribution in [-0.2, 0) is 16.0 Å². The molecule has 148 valence electrons. The Hall–Kier alpha value is -2.64. The molecule has 0 radical (unpaired) electrons. The van der Waals surface area contributed by atoms with E-state index in [-0.39, 0.29) is 48.4 Å². The van der Waals surface area contributed by atoms with Crippen molar-refractivity contribution in [1.29, 1.82) is 0 Å². The van der Waals surface area contributed by atoms with Gasteiger partial charge in [0.2, 0.25) is 11.8 Å². The van der Waals surface area contributed by atoms with Gasteiger partial charge in [0, 0.05) is 18.7 Å². The fraction of sp³-hybridized carbons (Fsp3) is 0.211. The number of nitrogens with one attached hydrogen (secondary N) is 3. The molecule has 0 aromatic heterocycles. The highest BCUT2D eigenvalue weighted by Gasteiger charge is 2.10. The zero-order chi connectivity index (χ0) is 20.5. The average Bonchev–Trinajstić information content (AvgIpc) is 2.67. The molecule has 0 spiro atoms. The van der Waals surface area contributed by atoms with Crippen molar-refractivity contribution in [2.24, 2.45) is 0 Å². The summed E-state index contributed by atoms with van der Waals surface area (Å²) in [6, 6.07) is 10.0. The van der Waals surface area contributed by atoms with Gasteiger partial charge in [-0.3, -0.25) is 14.4 Å². The first-order chi connectivity index (χ1) is 13.3. The minimum atomic E-state index is -0.457. The van der Waals surface area contributed by atoms with Crippen molar-refractivity contribution >= 4 is 40.9 Å². The van der Waals surface area contributed by atoms with E-state index < -0.39 is 11.8 Å². The van der Waals surface area contributed by atoms with Crippen LogP contribution in [0, 0.1) is 5.82 Å².